The molecule has 5 nitrogen and oxygen atoms in total. The standard InChI is InChI=1S/C15H15FN2O3S/c16-10-1-3-12(4-2-10)21-14-6-5-13(22-14)9-7-11(8-9)18(20)15(17)19/h1-6,9,11,20H,7-8H2,(H2,17,19). The van der Waals surface area contributed by atoms with Crippen LogP contribution in [0.3, 0.4) is 0 Å². The van der Waals surface area contributed by atoms with Gasteiger partial charge in [0.15, 0.2) is 5.06 Å². The average Bonchev–Trinajstić information content (AvgIpc) is 2.88. The number of carbonyl (C=O) groups excluding carboxylic acids is 1. The number of thiophene rings is 1. The molecule has 1 aromatic heterocycles. The molecule has 0 spiro atoms. The second-order valence-corrected chi connectivity index (χ2v) is 6.30. The summed E-state index contributed by atoms with van der Waals surface area (Å²) in [5, 5.41) is 10.8. The zero-order valence-corrected chi connectivity index (χ0v) is 12.4. The van der Waals surface area contributed by atoms with Crippen LogP contribution in [0.4, 0.5) is 9.18 Å². The zero-order valence-electron chi connectivity index (χ0n) is 11.6. The lowest BCUT2D eigenvalue weighted by atomic mass is 9.79. The first-order valence-corrected chi connectivity index (χ1v) is 7.65. The molecular formula is C15H15FN2O3S. The maximum absolute atomic E-state index is 12.8. The van der Waals surface area contributed by atoms with E-state index in [9.17, 15) is 14.4 Å². The van der Waals surface area contributed by atoms with E-state index < -0.39 is 6.03 Å². The summed E-state index contributed by atoms with van der Waals surface area (Å²) in [7, 11) is 0. The first kappa shape index (κ1) is 14.8. The molecule has 0 atom stereocenters. The Kier molecular flexibility index (Phi) is 4.00. The number of rotatable bonds is 4. The highest BCUT2D eigenvalue weighted by Crippen LogP contribution is 2.44. The predicted molar refractivity (Wildman–Crippen MR) is 79.8 cm³/mol. The Morgan fingerprint density at radius 1 is 1.27 bits per heavy atom. The van der Waals surface area contributed by atoms with Gasteiger partial charge in [-0.1, -0.05) is 0 Å². The molecule has 1 fully saturated rings. The van der Waals surface area contributed by atoms with Crippen LogP contribution in [0.5, 0.6) is 10.8 Å². The SMILES string of the molecule is NC(=O)N(O)C1CC(c2ccc(Oc3ccc(F)cc3)s2)C1. The van der Waals surface area contributed by atoms with Crippen molar-refractivity contribution in [3.05, 3.63) is 47.1 Å². The summed E-state index contributed by atoms with van der Waals surface area (Å²) in [5.74, 6) is 0.564. The first-order chi connectivity index (χ1) is 10.5. The van der Waals surface area contributed by atoms with Crippen LogP contribution in [0.25, 0.3) is 0 Å². The number of halogens is 1. The van der Waals surface area contributed by atoms with Crippen LogP contribution in [0.2, 0.25) is 0 Å². The van der Waals surface area contributed by atoms with Crippen molar-refractivity contribution in [1.29, 1.82) is 0 Å². The fourth-order valence-electron chi connectivity index (χ4n) is 2.43. The fraction of sp³-hybridized carbons (Fsp3) is 0.267. The van der Waals surface area contributed by atoms with Gasteiger partial charge in [0, 0.05) is 4.88 Å². The summed E-state index contributed by atoms with van der Waals surface area (Å²) in [4.78, 5) is 12.0. The topological polar surface area (TPSA) is 75.8 Å². The molecule has 116 valence electrons. The van der Waals surface area contributed by atoms with Gasteiger partial charge in [0.1, 0.15) is 11.6 Å². The van der Waals surface area contributed by atoms with Gasteiger partial charge in [-0.2, -0.15) is 0 Å². The van der Waals surface area contributed by atoms with Crippen LogP contribution in [0.1, 0.15) is 23.6 Å². The van der Waals surface area contributed by atoms with Gasteiger partial charge < -0.3 is 10.5 Å². The van der Waals surface area contributed by atoms with Crippen LogP contribution in [-0.4, -0.2) is 22.3 Å². The maximum Gasteiger partial charge on any atom is 0.338 e. The van der Waals surface area contributed by atoms with Gasteiger partial charge >= 0.3 is 6.03 Å². The van der Waals surface area contributed by atoms with Crippen LogP contribution >= 0.6 is 11.3 Å². The molecule has 3 N–H and O–H groups in total. The van der Waals surface area contributed by atoms with Crippen molar-refractivity contribution < 1.29 is 19.1 Å². The van der Waals surface area contributed by atoms with Gasteiger partial charge in [-0.15, -0.1) is 11.3 Å². The summed E-state index contributed by atoms with van der Waals surface area (Å²) in [6, 6.07) is 8.63. The third-order valence-electron chi connectivity index (χ3n) is 3.72. The van der Waals surface area contributed by atoms with Gasteiger partial charge in [-0.05, 0) is 55.2 Å². The number of nitrogens with zero attached hydrogens (tertiary/aromatic N) is 1. The zero-order chi connectivity index (χ0) is 15.7. The molecule has 0 radical (unpaired) electrons. The number of benzene rings is 1. The molecule has 0 saturated heterocycles. The molecule has 0 unspecified atom stereocenters. The normalized spacial score (nSPS) is 20.3. The average molecular weight is 322 g/mol. The maximum atomic E-state index is 12.8. The molecule has 0 aliphatic heterocycles. The van der Waals surface area contributed by atoms with Crippen molar-refractivity contribution in [3.8, 4) is 10.8 Å². The first-order valence-electron chi connectivity index (χ1n) is 6.83. The predicted octanol–water partition coefficient (Wildman–Crippen LogP) is 3.70. The lowest BCUT2D eigenvalue weighted by Gasteiger charge is -2.38. The van der Waals surface area contributed by atoms with Crippen molar-refractivity contribution in [2.24, 2.45) is 5.73 Å². The number of nitrogens with two attached hydrogens (primary N) is 1. The number of hydrogen-bond donors (Lipinski definition) is 2. The van der Waals surface area contributed by atoms with E-state index in [1.54, 1.807) is 12.1 Å². The minimum Gasteiger partial charge on any atom is -0.447 e. The Hall–Kier alpha value is -2.12. The van der Waals surface area contributed by atoms with Crippen LogP contribution in [-0.2, 0) is 0 Å². The van der Waals surface area contributed by atoms with E-state index in [-0.39, 0.29) is 17.8 Å². The number of urea groups is 1. The van der Waals surface area contributed by atoms with E-state index in [1.807, 2.05) is 12.1 Å². The Morgan fingerprint density at radius 3 is 2.59 bits per heavy atom. The number of ether oxygens (including phenoxy) is 1. The Labute approximate surface area is 130 Å². The van der Waals surface area contributed by atoms with Crippen LogP contribution < -0.4 is 10.5 Å². The quantitative estimate of drug-likeness (QED) is 0.666. The molecule has 7 heteroatoms. The van der Waals surface area contributed by atoms with Gasteiger partial charge in [0.05, 0.1) is 6.04 Å². The van der Waals surface area contributed by atoms with E-state index in [0.717, 1.165) is 9.94 Å². The highest BCUT2D eigenvalue weighted by Gasteiger charge is 2.36. The number of hydrogen-bond acceptors (Lipinski definition) is 4. The van der Waals surface area contributed by atoms with Crippen molar-refractivity contribution >= 4 is 17.4 Å². The van der Waals surface area contributed by atoms with E-state index in [0.29, 0.717) is 23.7 Å². The number of hydroxylamine groups is 2. The summed E-state index contributed by atoms with van der Waals surface area (Å²) in [6.45, 7) is 0. The lowest BCUT2D eigenvalue weighted by Crippen LogP contribution is -2.47. The van der Waals surface area contributed by atoms with Gasteiger partial charge in [-0.25, -0.2) is 14.2 Å². The molecular weight excluding hydrogens is 307 g/mol. The number of primary amides is 1. The van der Waals surface area contributed by atoms with E-state index in [1.165, 1.54) is 23.5 Å². The monoisotopic (exact) mass is 322 g/mol. The fourth-order valence-corrected chi connectivity index (χ4v) is 3.43. The van der Waals surface area contributed by atoms with Crippen molar-refractivity contribution in [2.75, 3.05) is 0 Å². The molecule has 1 aromatic carbocycles. The highest BCUT2D eigenvalue weighted by atomic mass is 32.1. The van der Waals surface area contributed by atoms with Gasteiger partial charge in [0.25, 0.3) is 0 Å². The summed E-state index contributed by atoms with van der Waals surface area (Å²) in [5.41, 5.74) is 5.02. The molecule has 3 rings (SSSR count). The second kappa shape index (κ2) is 5.94. The van der Waals surface area contributed by atoms with E-state index >= 15 is 0 Å². The third-order valence-corrected chi connectivity index (χ3v) is 4.85. The summed E-state index contributed by atoms with van der Waals surface area (Å²) in [6.07, 6.45) is 1.35. The van der Waals surface area contributed by atoms with Gasteiger partial charge in [0.2, 0.25) is 0 Å². The third kappa shape index (κ3) is 3.05. The molecule has 2 aromatic rings. The van der Waals surface area contributed by atoms with Crippen molar-refractivity contribution in [1.82, 2.24) is 5.06 Å². The highest BCUT2D eigenvalue weighted by molar-refractivity contribution is 7.13. The molecule has 2 amide bonds. The van der Waals surface area contributed by atoms with E-state index in [4.69, 9.17) is 10.5 Å². The molecule has 1 heterocycles. The van der Waals surface area contributed by atoms with Crippen LogP contribution in [0, 0.1) is 5.82 Å². The molecule has 1 aliphatic rings. The summed E-state index contributed by atoms with van der Waals surface area (Å²) >= 11 is 1.51. The molecule has 0 bridgehead atoms. The smallest absolute Gasteiger partial charge is 0.338 e. The largest absolute Gasteiger partial charge is 0.447 e. The number of amides is 2. The minimum atomic E-state index is -0.824. The Morgan fingerprint density at radius 2 is 1.95 bits per heavy atom. The van der Waals surface area contributed by atoms with Crippen molar-refractivity contribution in [2.45, 2.75) is 24.8 Å². The van der Waals surface area contributed by atoms with Crippen LogP contribution in [0.15, 0.2) is 36.4 Å². The number of carbonyl (C=O) groups is 1. The Bertz CT molecular complexity index is 668. The van der Waals surface area contributed by atoms with Crippen molar-refractivity contribution in [3.63, 3.8) is 0 Å². The van der Waals surface area contributed by atoms with Gasteiger partial charge in [-0.3, -0.25) is 5.21 Å². The minimum absolute atomic E-state index is 0.217. The molecule has 1 aliphatic carbocycles. The second-order valence-electron chi connectivity index (χ2n) is 5.22. The lowest BCUT2D eigenvalue weighted by molar-refractivity contribution is -0.101. The molecule has 1 saturated carbocycles. The van der Waals surface area contributed by atoms with E-state index in [2.05, 4.69) is 0 Å². The summed E-state index contributed by atoms with van der Waals surface area (Å²) < 4.78 is 18.5. The Balaban J connectivity index is 1.58. The molecule has 22 heavy (non-hydrogen) atoms.